The van der Waals surface area contributed by atoms with Crippen molar-refractivity contribution in [3.63, 3.8) is 0 Å². The third-order valence-corrected chi connectivity index (χ3v) is 3.50. The fourth-order valence-corrected chi connectivity index (χ4v) is 2.30. The molecule has 0 aliphatic carbocycles. The van der Waals surface area contributed by atoms with E-state index in [1.807, 2.05) is 18.2 Å². The predicted molar refractivity (Wildman–Crippen MR) is 76.9 cm³/mol. The number of rotatable bonds is 2. The van der Waals surface area contributed by atoms with E-state index < -0.39 is 6.16 Å². The van der Waals surface area contributed by atoms with E-state index in [2.05, 4.69) is 9.72 Å². The first kappa shape index (κ1) is 13.5. The zero-order valence-corrected chi connectivity index (χ0v) is 11.6. The Hall–Kier alpha value is -2.47. The summed E-state index contributed by atoms with van der Waals surface area (Å²) in [5.74, 6) is 0.624. The molecule has 1 aromatic heterocycles. The van der Waals surface area contributed by atoms with E-state index in [1.165, 1.54) is 0 Å². The lowest BCUT2D eigenvalue weighted by Crippen LogP contribution is -2.06. The molecule has 6 nitrogen and oxygen atoms in total. The first-order valence-corrected chi connectivity index (χ1v) is 6.55. The number of halogens is 1. The molecule has 1 aromatic carbocycles. The van der Waals surface area contributed by atoms with Gasteiger partial charge in [-0.1, -0.05) is 11.6 Å². The van der Waals surface area contributed by atoms with Crippen molar-refractivity contribution in [3.05, 3.63) is 34.9 Å². The van der Waals surface area contributed by atoms with Gasteiger partial charge in [0.25, 0.3) is 0 Å². The van der Waals surface area contributed by atoms with Gasteiger partial charge in [-0.25, -0.2) is 9.78 Å². The second-order valence-corrected chi connectivity index (χ2v) is 4.88. The Balaban J connectivity index is 2.06. The van der Waals surface area contributed by atoms with Crippen molar-refractivity contribution in [2.24, 2.45) is 0 Å². The van der Waals surface area contributed by atoms with Crippen molar-refractivity contribution in [1.82, 2.24) is 4.98 Å². The number of carbonyl (C=O) groups is 1. The van der Waals surface area contributed by atoms with E-state index in [4.69, 9.17) is 27.2 Å². The quantitative estimate of drug-likeness (QED) is 0.828. The molecule has 0 fully saturated rings. The van der Waals surface area contributed by atoms with Gasteiger partial charge in [0.2, 0.25) is 5.88 Å². The molecule has 2 aromatic rings. The number of anilines is 1. The summed E-state index contributed by atoms with van der Waals surface area (Å²) < 4.78 is 9.99. The van der Waals surface area contributed by atoms with Crippen LogP contribution in [0.2, 0.25) is 5.02 Å². The van der Waals surface area contributed by atoms with Crippen LogP contribution in [-0.4, -0.2) is 22.9 Å². The van der Waals surface area contributed by atoms with Crippen LogP contribution in [0.1, 0.15) is 5.56 Å². The van der Waals surface area contributed by atoms with Crippen molar-refractivity contribution < 1.29 is 19.4 Å². The van der Waals surface area contributed by atoms with Crippen LogP contribution in [0.5, 0.6) is 11.6 Å². The Kier molecular flexibility index (Phi) is 3.31. The van der Waals surface area contributed by atoms with Crippen LogP contribution >= 0.6 is 11.6 Å². The Morgan fingerprint density at radius 2 is 2.24 bits per heavy atom. The smallest absolute Gasteiger partial charge is 0.493 e. The highest BCUT2D eigenvalue weighted by atomic mass is 35.5. The average Bonchev–Trinajstić information content (AvgIpc) is 2.90. The maximum absolute atomic E-state index is 10.7. The zero-order valence-electron chi connectivity index (χ0n) is 10.8. The number of nitrogen functional groups attached to an aromatic ring is 1. The molecule has 7 heteroatoms. The highest BCUT2D eigenvalue weighted by molar-refractivity contribution is 6.34. The van der Waals surface area contributed by atoms with E-state index in [0.29, 0.717) is 12.3 Å². The number of pyridine rings is 1. The van der Waals surface area contributed by atoms with E-state index in [-0.39, 0.29) is 16.6 Å². The van der Waals surface area contributed by atoms with Gasteiger partial charge < -0.3 is 20.3 Å². The number of carboxylic acid groups (broad SMARTS) is 1. The number of hydrogen-bond acceptors (Lipinski definition) is 5. The van der Waals surface area contributed by atoms with Crippen LogP contribution in [0.3, 0.4) is 0 Å². The van der Waals surface area contributed by atoms with Crippen molar-refractivity contribution in [1.29, 1.82) is 0 Å². The Labute approximate surface area is 125 Å². The molecule has 1 aliphatic heterocycles. The summed E-state index contributed by atoms with van der Waals surface area (Å²) in [6, 6.07) is 7.18. The first-order valence-electron chi connectivity index (χ1n) is 6.17. The number of benzene rings is 1. The third kappa shape index (κ3) is 2.57. The Morgan fingerprint density at radius 3 is 3.00 bits per heavy atom. The highest BCUT2D eigenvalue weighted by Gasteiger charge is 2.17. The van der Waals surface area contributed by atoms with E-state index >= 15 is 0 Å². The fourth-order valence-electron chi connectivity index (χ4n) is 2.17. The molecule has 0 amide bonds. The van der Waals surface area contributed by atoms with Gasteiger partial charge in [0.1, 0.15) is 10.8 Å². The zero-order chi connectivity index (χ0) is 15.0. The molecule has 1 aliphatic rings. The summed E-state index contributed by atoms with van der Waals surface area (Å²) >= 11 is 5.89. The molecule has 0 spiro atoms. The van der Waals surface area contributed by atoms with Gasteiger partial charge >= 0.3 is 6.16 Å². The molecule has 3 N–H and O–H groups in total. The van der Waals surface area contributed by atoms with Crippen LogP contribution in [0.4, 0.5) is 10.5 Å². The summed E-state index contributed by atoms with van der Waals surface area (Å²) in [5, 5.41) is 8.67. The monoisotopic (exact) mass is 306 g/mol. The summed E-state index contributed by atoms with van der Waals surface area (Å²) in [6.45, 7) is 0.655. The van der Waals surface area contributed by atoms with E-state index in [0.717, 1.165) is 23.3 Å². The molecule has 3 rings (SSSR count). The van der Waals surface area contributed by atoms with E-state index in [1.54, 1.807) is 6.07 Å². The molecule has 0 saturated heterocycles. The minimum atomic E-state index is -1.50. The highest BCUT2D eigenvalue weighted by Crippen LogP contribution is 2.35. The summed E-state index contributed by atoms with van der Waals surface area (Å²) in [7, 11) is 0. The minimum Gasteiger partial charge on any atom is -0.493 e. The molecule has 0 bridgehead atoms. The van der Waals surface area contributed by atoms with Crippen molar-refractivity contribution in [3.8, 4) is 22.9 Å². The lowest BCUT2D eigenvalue weighted by atomic mass is 10.1. The van der Waals surface area contributed by atoms with E-state index in [9.17, 15) is 4.79 Å². The molecule has 0 atom stereocenters. The van der Waals surface area contributed by atoms with Gasteiger partial charge in [-0.05, 0) is 29.8 Å². The molecule has 0 radical (unpaired) electrons. The maximum Gasteiger partial charge on any atom is 0.512 e. The van der Waals surface area contributed by atoms with Crippen molar-refractivity contribution in [2.75, 3.05) is 12.3 Å². The van der Waals surface area contributed by atoms with Crippen molar-refractivity contribution >= 4 is 23.4 Å². The van der Waals surface area contributed by atoms with Crippen LogP contribution in [0, 0.1) is 0 Å². The lowest BCUT2D eigenvalue weighted by Gasteiger charge is -2.09. The Bertz CT molecular complexity index is 733. The molecule has 21 heavy (non-hydrogen) atoms. The normalized spacial score (nSPS) is 12.6. The lowest BCUT2D eigenvalue weighted by molar-refractivity contribution is 0.142. The predicted octanol–water partition coefficient (Wildman–Crippen LogP) is 2.98. The molecule has 0 unspecified atom stereocenters. The number of aromatic nitrogens is 1. The summed E-state index contributed by atoms with van der Waals surface area (Å²) in [5.41, 5.74) is 8.33. The number of ether oxygens (including phenoxy) is 2. The van der Waals surface area contributed by atoms with Gasteiger partial charge in [0.15, 0.2) is 0 Å². The summed E-state index contributed by atoms with van der Waals surface area (Å²) in [6.07, 6.45) is -0.673. The standard InChI is InChI=1S/C14H11ClN2O4/c15-12-9(16)6-10(17-13(12)21-14(18)19)7-1-2-11-8(5-7)3-4-20-11/h1-2,5-6H,3-4H2,(H2,16,17)(H,18,19). The van der Waals surface area contributed by atoms with Crippen LogP contribution < -0.4 is 15.2 Å². The number of nitrogens with two attached hydrogens (primary N) is 1. The maximum atomic E-state index is 10.7. The largest absolute Gasteiger partial charge is 0.512 e. The number of fused-ring (bicyclic) bond motifs is 1. The molecule has 0 saturated carbocycles. The fraction of sp³-hybridized carbons (Fsp3) is 0.143. The third-order valence-electron chi connectivity index (χ3n) is 3.12. The first-order chi connectivity index (χ1) is 10.0. The SMILES string of the molecule is Nc1cc(-c2ccc3c(c2)CCO3)nc(OC(=O)O)c1Cl. The molecular weight excluding hydrogens is 296 g/mol. The minimum absolute atomic E-state index is 0.0226. The number of nitrogens with zero attached hydrogens (tertiary/aromatic N) is 1. The van der Waals surface area contributed by atoms with Gasteiger partial charge in [-0.2, -0.15) is 0 Å². The topological polar surface area (TPSA) is 94.7 Å². The van der Waals surface area contributed by atoms with Crippen LogP contribution in [0.25, 0.3) is 11.3 Å². The average molecular weight is 307 g/mol. The van der Waals surface area contributed by atoms with Crippen molar-refractivity contribution in [2.45, 2.75) is 6.42 Å². The van der Waals surface area contributed by atoms with Gasteiger partial charge in [0, 0.05) is 12.0 Å². The molecular formula is C14H11ClN2O4. The van der Waals surface area contributed by atoms with Gasteiger partial charge in [0.05, 0.1) is 18.0 Å². The molecule has 108 valence electrons. The summed E-state index contributed by atoms with van der Waals surface area (Å²) in [4.78, 5) is 14.8. The van der Waals surface area contributed by atoms with Crippen LogP contribution in [-0.2, 0) is 6.42 Å². The molecule has 2 heterocycles. The second-order valence-electron chi connectivity index (χ2n) is 4.50. The number of hydrogen-bond donors (Lipinski definition) is 2. The van der Waals surface area contributed by atoms with Gasteiger partial charge in [-0.15, -0.1) is 0 Å². The Morgan fingerprint density at radius 1 is 1.43 bits per heavy atom. The van der Waals surface area contributed by atoms with Gasteiger partial charge in [-0.3, -0.25) is 0 Å². The van der Waals surface area contributed by atoms with Crippen LogP contribution in [0.15, 0.2) is 24.3 Å². The second kappa shape index (κ2) is 5.14.